The van der Waals surface area contributed by atoms with Gasteiger partial charge in [-0.1, -0.05) is 5.57 Å². The van der Waals surface area contributed by atoms with Crippen molar-refractivity contribution in [2.75, 3.05) is 26.4 Å². The van der Waals surface area contributed by atoms with Crippen LogP contribution in [-0.4, -0.2) is 38.4 Å². The van der Waals surface area contributed by atoms with Crippen LogP contribution in [0.2, 0.25) is 0 Å². The molecule has 4 nitrogen and oxygen atoms in total. The number of rotatable bonds is 3. The molecule has 1 saturated heterocycles. The topological polar surface area (TPSA) is 47.6 Å². The Morgan fingerprint density at radius 1 is 1.50 bits per heavy atom. The molecule has 0 spiro atoms. The fourth-order valence-corrected chi connectivity index (χ4v) is 1.18. The average molecular weight is 199 g/mol. The molecule has 0 bridgehead atoms. The third-order valence-corrected chi connectivity index (χ3v) is 1.81. The lowest BCUT2D eigenvalue weighted by atomic mass is 10.3. The Labute approximate surface area is 84.3 Å². The highest BCUT2D eigenvalue weighted by Gasteiger charge is 2.14. The Morgan fingerprint density at radius 3 is 2.86 bits per heavy atom. The minimum Gasteiger partial charge on any atom is -0.376 e. The Bertz CT molecular complexity index is 215. The van der Waals surface area contributed by atoms with E-state index in [4.69, 9.17) is 9.47 Å². The average Bonchev–Trinajstić information content (AvgIpc) is 2.15. The number of carbonyl (C=O) groups is 1. The maximum atomic E-state index is 11.2. The van der Waals surface area contributed by atoms with Gasteiger partial charge in [-0.05, 0) is 13.8 Å². The summed E-state index contributed by atoms with van der Waals surface area (Å²) < 4.78 is 10.6. The van der Waals surface area contributed by atoms with E-state index in [-0.39, 0.29) is 12.0 Å². The summed E-state index contributed by atoms with van der Waals surface area (Å²) in [6.45, 7) is 6.12. The highest BCUT2D eigenvalue weighted by atomic mass is 16.6. The first-order chi connectivity index (χ1) is 6.68. The first kappa shape index (κ1) is 11.2. The van der Waals surface area contributed by atoms with Crippen molar-refractivity contribution >= 4 is 5.91 Å². The summed E-state index contributed by atoms with van der Waals surface area (Å²) in [5, 5.41) is 2.76. The van der Waals surface area contributed by atoms with Crippen molar-refractivity contribution in [2.24, 2.45) is 0 Å². The lowest BCUT2D eigenvalue weighted by Crippen LogP contribution is -2.39. The van der Waals surface area contributed by atoms with E-state index in [0.29, 0.717) is 26.4 Å². The van der Waals surface area contributed by atoms with Crippen LogP contribution in [-0.2, 0) is 14.3 Å². The summed E-state index contributed by atoms with van der Waals surface area (Å²) >= 11 is 0. The molecule has 0 saturated carbocycles. The Hall–Kier alpha value is -0.870. The van der Waals surface area contributed by atoms with Gasteiger partial charge in [-0.3, -0.25) is 4.79 Å². The SMILES string of the molecule is CC(C)=CC(=O)NCC1COCCO1. The Morgan fingerprint density at radius 2 is 2.29 bits per heavy atom. The Kier molecular flexibility index (Phi) is 4.62. The molecule has 1 heterocycles. The van der Waals surface area contributed by atoms with E-state index in [1.54, 1.807) is 6.08 Å². The van der Waals surface area contributed by atoms with Gasteiger partial charge in [-0.15, -0.1) is 0 Å². The number of allylic oxidation sites excluding steroid dienone is 1. The lowest BCUT2D eigenvalue weighted by Gasteiger charge is -2.22. The van der Waals surface area contributed by atoms with Crippen LogP contribution in [0.3, 0.4) is 0 Å². The summed E-state index contributed by atoms with van der Waals surface area (Å²) in [6.07, 6.45) is 1.57. The van der Waals surface area contributed by atoms with Crippen molar-refractivity contribution in [1.29, 1.82) is 0 Å². The first-order valence-electron chi connectivity index (χ1n) is 4.80. The van der Waals surface area contributed by atoms with Crippen LogP contribution in [0, 0.1) is 0 Å². The number of amides is 1. The molecule has 0 aliphatic carbocycles. The quantitative estimate of drug-likeness (QED) is 0.673. The largest absolute Gasteiger partial charge is 0.376 e. The molecule has 1 rings (SSSR count). The van der Waals surface area contributed by atoms with Gasteiger partial charge >= 0.3 is 0 Å². The predicted octanol–water partition coefficient (Wildman–Crippen LogP) is 0.484. The van der Waals surface area contributed by atoms with Crippen LogP contribution >= 0.6 is 0 Å². The van der Waals surface area contributed by atoms with Crippen molar-refractivity contribution in [3.05, 3.63) is 11.6 Å². The van der Waals surface area contributed by atoms with Crippen molar-refractivity contribution in [2.45, 2.75) is 20.0 Å². The lowest BCUT2D eigenvalue weighted by molar-refractivity contribution is -0.119. The molecule has 0 aromatic carbocycles. The van der Waals surface area contributed by atoms with Crippen LogP contribution in [0.5, 0.6) is 0 Å². The summed E-state index contributed by atoms with van der Waals surface area (Å²) in [6, 6.07) is 0. The second-order valence-electron chi connectivity index (χ2n) is 3.53. The predicted molar refractivity (Wildman–Crippen MR) is 53.0 cm³/mol. The minimum atomic E-state index is -0.0702. The fraction of sp³-hybridized carbons (Fsp3) is 0.700. The van der Waals surface area contributed by atoms with Crippen LogP contribution in [0.25, 0.3) is 0 Å². The molecule has 4 heteroatoms. The summed E-state index contributed by atoms with van der Waals surface area (Å²) in [7, 11) is 0. The van der Waals surface area contributed by atoms with E-state index in [1.807, 2.05) is 13.8 Å². The van der Waals surface area contributed by atoms with E-state index in [9.17, 15) is 4.79 Å². The fourth-order valence-electron chi connectivity index (χ4n) is 1.18. The maximum absolute atomic E-state index is 11.2. The number of ether oxygens (including phenoxy) is 2. The molecule has 0 radical (unpaired) electrons. The third-order valence-electron chi connectivity index (χ3n) is 1.81. The molecule has 1 atom stereocenters. The molecule has 1 N–H and O–H groups in total. The molecule has 1 unspecified atom stereocenters. The second-order valence-corrected chi connectivity index (χ2v) is 3.53. The minimum absolute atomic E-state index is 0.00161. The molecule has 0 aromatic heterocycles. The van der Waals surface area contributed by atoms with Gasteiger partial charge in [0.2, 0.25) is 5.91 Å². The number of nitrogens with one attached hydrogen (secondary N) is 1. The summed E-state index contributed by atoms with van der Waals surface area (Å²) in [5.41, 5.74) is 0.989. The maximum Gasteiger partial charge on any atom is 0.244 e. The zero-order chi connectivity index (χ0) is 10.4. The molecule has 14 heavy (non-hydrogen) atoms. The monoisotopic (exact) mass is 199 g/mol. The Balaban J connectivity index is 2.19. The van der Waals surface area contributed by atoms with Crippen LogP contribution in [0.15, 0.2) is 11.6 Å². The summed E-state index contributed by atoms with van der Waals surface area (Å²) in [4.78, 5) is 11.2. The van der Waals surface area contributed by atoms with Crippen molar-refractivity contribution in [1.82, 2.24) is 5.32 Å². The highest BCUT2D eigenvalue weighted by Crippen LogP contribution is 1.98. The molecule has 1 fully saturated rings. The number of hydrogen-bond donors (Lipinski definition) is 1. The van der Waals surface area contributed by atoms with Crippen LogP contribution < -0.4 is 5.32 Å². The molecule has 0 aromatic rings. The van der Waals surface area contributed by atoms with Gasteiger partial charge in [-0.2, -0.15) is 0 Å². The van der Waals surface area contributed by atoms with Crippen LogP contribution in [0.1, 0.15) is 13.8 Å². The molecule has 80 valence electrons. The number of carbonyl (C=O) groups excluding carboxylic acids is 1. The van der Waals surface area contributed by atoms with Crippen LogP contribution in [0.4, 0.5) is 0 Å². The zero-order valence-electron chi connectivity index (χ0n) is 8.71. The van der Waals surface area contributed by atoms with Crippen molar-refractivity contribution in [3.63, 3.8) is 0 Å². The van der Waals surface area contributed by atoms with Gasteiger partial charge in [0.25, 0.3) is 0 Å². The van der Waals surface area contributed by atoms with Gasteiger partial charge in [0.05, 0.1) is 25.9 Å². The van der Waals surface area contributed by atoms with Gasteiger partial charge < -0.3 is 14.8 Å². The van der Waals surface area contributed by atoms with E-state index < -0.39 is 0 Å². The molecular formula is C10H17NO3. The number of hydrogen-bond acceptors (Lipinski definition) is 3. The van der Waals surface area contributed by atoms with E-state index >= 15 is 0 Å². The van der Waals surface area contributed by atoms with E-state index in [0.717, 1.165) is 5.57 Å². The van der Waals surface area contributed by atoms with Gasteiger partial charge in [0, 0.05) is 12.6 Å². The normalized spacial score (nSPS) is 21.4. The van der Waals surface area contributed by atoms with Gasteiger partial charge in [-0.25, -0.2) is 0 Å². The molecule has 1 aliphatic rings. The van der Waals surface area contributed by atoms with Gasteiger partial charge in [0.1, 0.15) is 0 Å². The molecule has 1 amide bonds. The third kappa shape index (κ3) is 4.39. The summed E-state index contributed by atoms with van der Waals surface area (Å²) in [5.74, 6) is -0.0702. The molecular weight excluding hydrogens is 182 g/mol. The van der Waals surface area contributed by atoms with E-state index in [2.05, 4.69) is 5.32 Å². The van der Waals surface area contributed by atoms with Gasteiger partial charge in [0.15, 0.2) is 0 Å². The smallest absolute Gasteiger partial charge is 0.244 e. The van der Waals surface area contributed by atoms with Crippen molar-refractivity contribution in [3.8, 4) is 0 Å². The molecule has 1 aliphatic heterocycles. The standard InChI is InChI=1S/C10H17NO3/c1-8(2)5-10(12)11-6-9-7-13-3-4-14-9/h5,9H,3-4,6-7H2,1-2H3,(H,11,12). The zero-order valence-corrected chi connectivity index (χ0v) is 8.71. The first-order valence-corrected chi connectivity index (χ1v) is 4.80. The second kappa shape index (κ2) is 5.78. The van der Waals surface area contributed by atoms with Crippen molar-refractivity contribution < 1.29 is 14.3 Å². The van der Waals surface area contributed by atoms with E-state index in [1.165, 1.54) is 0 Å². The highest BCUT2D eigenvalue weighted by molar-refractivity contribution is 5.88.